The molecule has 0 aliphatic carbocycles. The largest absolute Gasteiger partial charge is 0.496 e. The number of nitrogens with zero attached hydrogens (tertiary/aromatic N) is 2. The van der Waals surface area contributed by atoms with Crippen LogP contribution in [0.1, 0.15) is 23.6 Å². The van der Waals surface area contributed by atoms with Crippen LogP contribution >= 0.6 is 0 Å². The third-order valence-corrected chi connectivity index (χ3v) is 4.71. The number of hydrogen-bond acceptors (Lipinski definition) is 3. The number of ether oxygens (including phenoxy) is 1. The smallest absolute Gasteiger partial charge is 0.421 e. The fraction of sp³-hybridized carbons (Fsp3) is 0.381. The lowest BCUT2D eigenvalue weighted by Crippen LogP contribution is -2.44. The van der Waals surface area contributed by atoms with Crippen molar-refractivity contribution in [2.45, 2.75) is 32.0 Å². The molecule has 0 aromatic heterocycles. The molecule has 2 aromatic rings. The Hall–Kier alpha value is -2.68. The van der Waals surface area contributed by atoms with E-state index in [-0.39, 0.29) is 11.3 Å². The molecular formula is C21H23F5N2O2. The predicted molar refractivity (Wildman–Crippen MR) is 104 cm³/mol. The molecule has 2 aromatic carbocycles. The summed E-state index contributed by atoms with van der Waals surface area (Å²) in [4.78, 5) is 6.00. The van der Waals surface area contributed by atoms with Gasteiger partial charge < -0.3 is 14.7 Å². The summed E-state index contributed by atoms with van der Waals surface area (Å²) in [6.07, 6.45) is -4.72. The summed E-state index contributed by atoms with van der Waals surface area (Å²) in [6.45, 7) is 4.12. The standard InChI is InChI=1S/C21H23F5N2O2/c1-5-28(3)12-27-18-10-19(30-4)17(6-13(18)2)20(29,21(24,25)26)11-14-7-15(22)9-16(23)8-14/h6-10,12,29H,5,11H2,1-4H3/b27-12+. The lowest BCUT2D eigenvalue weighted by atomic mass is 9.84. The Morgan fingerprint density at radius 1 is 1.10 bits per heavy atom. The van der Waals surface area contributed by atoms with Crippen LogP contribution in [0.25, 0.3) is 0 Å². The second-order valence-electron chi connectivity index (χ2n) is 6.97. The molecule has 0 fully saturated rings. The number of hydrogen-bond donors (Lipinski definition) is 1. The second kappa shape index (κ2) is 8.99. The van der Waals surface area contributed by atoms with Crippen molar-refractivity contribution in [1.29, 1.82) is 0 Å². The van der Waals surface area contributed by atoms with E-state index in [0.29, 0.717) is 23.9 Å². The summed E-state index contributed by atoms with van der Waals surface area (Å²) in [6, 6.07) is 4.45. The Balaban J connectivity index is 2.61. The molecule has 2 rings (SSSR count). The lowest BCUT2D eigenvalue weighted by molar-refractivity contribution is -0.266. The molecule has 0 amide bonds. The summed E-state index contributed by atoms with van der Waals surface area (Å²) in [5, 5.41) is 10.7. The van der Waals surface area contributed by atoms with Crippen LogP contribution in [0.4, 0.5) is 27.6 Å². The average molecular weight is 430 g/mol. The van der Waals surface area contributed by atoms with Gasteiger partial charge in [0.25, 0.3) is 0 Å². The molecule has 0 saturated carbocycles. The number of halogens is 5. The molecule has 1 unspecified atom stereocenters. The highest BCUT2D eigenvalue weighted by Gasteiger charge is 2.56. The van der Waals surface area contributed by atoms with Crippen molar-refractivity contribution in [2.24, 2.45) is 4.99 Å². The van der Waals surface area contributed by atoms with Crippen LogP contribution in [0.15, 0.2) is 35.3 Å². The van der Waals surface area contributed by atoms with E-state index in [0.717, 1.165) is 18.2 Å². The highest BCUT2D eigenvalue weighted by molar-refractivity contribution is 5.65. The zero-order valence-electron chi connectivity index (χ0n) is 17.0. The van der Waals surface area contributed by atoms with Gasteiger partial charge in [-0.25, -0.2) is 13.8 Å². The van der Waals surface area contributed by atoms with Crippen LogP contribution in [0.3, 0.4) is 0 Å². The van der Waals surface area contributed by atoms with Gasteiger partial charge in [0.15, 0.2) is 5.60 Å². The summed E-state index contributed by atoms with van der Waals surface area (Å²) in [7, 11) is 2.95. The fourth-order valence-electron chi connectivity index (χ4n) is 2.91. The maximum absolute atomic E-state index is 14.0. The molecule has 4 nitrogen and oxygen atoms in total. The molecule has 0 bridgehead atoms. The normalized spacial score (nSPS) is 14.1. The monoisotopic (exact) mass is 430 g/mol. The molecule has 0 heterocycles. The van der Waals surface area contributed by atoms with Gasteiger partial charge in [-0.15, -0.1) is 0 Å². The maximum atomic E-state index is 14.0. The van der Waals surface area contributed by atoms with Gasteiger partial charge >= 0.3 is 6.18 Å². The Kier molecular flexibility index (Phi) is 7.07. The number of aryl methyl sites for hydroxylation is 1. The van der Waals surface area contributed by atoms with E-state index in [2.05, 4.69) is 4.99 Å². The Morgan fingerprint density at radius 3 is 2.20 bits per heavy atom. The number of aliphatic hydroxyl groups is 1. The molecule has 0 spiro atoms. The number of rotatable bonds is 7. The molecule has 0 aliphatic heterocycles. The topological polar surface area (TPSA) is 45.1 Å². The minimum atomic E-state index is -5.15. The summed E-state index contributed by atoms with van der Waals surface area (Å²) in [5.74, 6) is -2.33. The number of methoxy groups -OCH3 is 1. The molecule has 164 valence electrons. The SMILES string of the molecule is CCN(C)/C=N/c1cc(OC)c(C(O)(Cc2cc(F)cc(F)c2)C(F)(F)F)cc1C. The molecule has 0 radical (unpaired) electrons. The lowest BCUT2D eigenvalue weighted by Gasteiger charge is -2.32. The van der Waals surface area contributed by atoms with Crippen LogP contribution in [-0.2, 0) is 12.0 Å². The Bertz CT molecular complexity index is 910. The van der Waals surface area contributed by atoms with Crippen LogP contribution in [-0.4, -0.2) is 43.2 Å². The van der Waals surface area contributed by atoms with Gasteiger partial charge in [0, 0.05) is 37.7 Å². The summed E-state index contributed by atoms with van der Waals surface area (Å²) < 4.78 is 74.1. The highest BCUT2D eigenvalue weighted by atomic mass is 19.4. The van der Waals surface area contributed by atoms with Crippen LogP contribution in [0.2, 0.25) is 0 Å². The molecule has 1 atom stereocenters. The van der Waals surface area contributed by atoms with Crippen molar-refractivity contribution in [1.82, 2.24) is 4.90 Å². The van der Waals surface area contributed by atoms with Crippen molar-refractivity contribution in [3.05, 3.63) is 58.7 Å². The van der Waals surface area contributed by atoms with E-state index in [1.807, 2.05) is 6.92 Å². The number of aliphatic imine (C=N–C) groups is 1. The van der Waals surface area contributed by atoms with Gasteiger partial charge in [-0.05, 0) is 43.2 Å². The van der Waals surface area contributed by atoms with Crippen molar-refractivity contribution in [3.63, 3.8) is 0 Å². The minimum Gasteiger partial charge on any atom is -0.496 e. The molecular weight excluding hydrogens is 407 g/mol. The molecule has 0 aliphatic rings. The number of benzene rings is 2. The molecule has 0 saturated heterocycles. The van der Waals surface area contributed by atoms with Gasteiger partial charge in [-0.1, -0.05) is 0 Å². The van der Waals surface area contributed by atoms with Crippen molar-refractivity contribution in [3.8, 4) is 5.75 Å². The van der Waals surface area contributed by atoms with E-state index in [1.54, 1.807) is 18.9 Å². The number of alkyl halides is 3. The zero-order valence-corrected chi connectivity index (χ0v) is 17.0. The average Bonchev–Trinajstić information content (AvgIpc) is 2.64. The van der Waals surface area contributed by atoms with E-state index >= 15 is 0 Å². The quantitative estimate of drug-likeness (QED) is 0.387. The van der Waals surface area contributed by atoms with Gasteiger partial charge in [0.1, 0.15) is 17.4 Å². The Labute approximate surface area is 171 Å². The first-order chi connectivity index (χ1) is 13.9. The van der Waals surface area contributed by atoms with E-state index < -0.39 is 35.4 Å². The first kappa shape index (κ1) is 23.6. The Morgan fingerprint density at radius 2 is 1.70 bits per heavy atom. The van der Waals surface area contributed by atoms with Gasteiger partial charge in [0.2, 0.25) is 0 Å². The molecule has 9 heteroatoms. The third-order valence-electron chi connectivity index (χ3n) is 4.71. The zero-order chi connectivity index (χ0) is 22.7. The van der Waals surface area contributed by atoms with Crippen LogP contribution < -0.4 is 4.74 Å². The first-order valence-corrected chi connectivity index (χ1v) is 9.09. The van der Waals surface area contributed by atoms with Gasteiger partial charge in [-0.2, -0.15) is 13.2 Å². The van der Waals surface area contributed by atoms with Crippen molar-refractivity contribution in [2.75, 3.05) is 20.7 Å². The van der Waals surface area contributed by atoms with E-state index in [4.69, 9.17) is 4.74 Å². The van der Waals surface area contributed by atoms with Crippen LogP contribution in [0, 0.1) is 18.6 Å². The van der Waals surface area contributed by atoms with Crippen molar-refractivity contribution < 1.29 is 31.8 Å². The van der Waals surface area contributed by atoms with E-state index in [1.165, 1.54) is 19.5 Å². The second-order valence-corrected chi connectivity index (χ2v) is 6.97. The molecule has 30 heavy (non-hydrogen) atoms. The summed E-state index contributed by atoms with van der Waals surface area (Å²) >= 11 is 0. The third kappa shape index (κ3) is 5.08. The summed E-state index contributed by atoms with van der Waals surface area (Å²) in [5.41, 5.74) is -3.63. The fourth-order valence-corrected chi connectivity index (χ4v) is 2.91. The first-order valence-electron chi connectivity index (χ1n) is 9.09. The molecule has 1 N–H and O–H groups in total. The van der Waals surface area contributed by atoms with Gasteiger partial charge in [-0.3, -0.25) is 0 Å². The highest BCUT2D eigenvalue weighted by Crippen LogP contribution is 2.46. The maximum Gasteiger partial charge on any atom is 0.421 e. The van der Waals surface area contributed by atoms with Crippen molar-refractivity contribution >= 4 is 12.0 Å². The van der Waals surface area contributed by atoms with Gasteiger partial charge in [0.05, 0.1) is 19.1 Å². The van der Waals surface area contributed by atoms with E-state index in [9.17, 15) is 27.1 Å². The van der Waals surface area contributed by atoms with Crippen LogP contribution in [0.5, 0.6) is 5.75 Å². The predicted octanol–water partition coefficient (Wildman–Crippen LogP) is 4.89. The minimum absolute atomic E-state index is 0.247.